The average Bonchev–Trinajstić information content (AvgIpc) is 3.25. The Hall–Kier alpha value is -3.00. The number of thioether (sulfide) groups is 1. The molecule has 0 radical (unpaired) electrons. The molecule has 168 valence electrons. The van der Waals surface area contributed by atoms with Crippen LogP contribution in [0.25, 0.3) is 5.69 Å². The molecule has 0 saturated heterocycles. The molecule has 1 amide bonds. The Labute approximate surface area is 205 Å². The summed E-state index contributed by atoms with van der Waals surface area (Å²) in [5, 5.41) is 13.3. The largest absolute Gasteiger partial charge is 0.481 e. The number of amides is 1. The zero-order chi connectivity index (χ0) is 23.2. The van der Waals surface area contributed by atoms with Gasteiger partial charge >= 0.3 is 0 Å². The standard InChI is InChI=1S/C24H20Cl2N4O2S/c1-16(32-21-10-6-5-9-20(21)26)23-28-29-24(30(23)19-7-3-2-4-8-19)33-15-22(31)27-18-13-11-17(25)12-14-18/h2-14,16H,15H2,1H3,(H,27,31). The van der Waals surface area contributed by atoms with Crippen molar-refractivity contribution in [2.24, 2.45) is 0 Å². The summed E-state index contributed by atoms with van der Waals surface area (Å²) in [5.41, 5.74) is 1.55. The van der Waals surface area contributed by atoms with Gasteiger partial charge in [-0.25, -0.2) is 0 Å². The van der Waals surface area contributed by atoms with Gasteiger partial charge in [-0.1, -0.05) is 65.3 Å². The van der Waals surface area contributed by atoms with Gasteiger partial charge < -0.3 is 10.1 Å². The number of anilines is 1. The molecule has 33 heavy (non-hydrogen) atoms. The van der Waals surface area contributed by atoms with Crippen molar-refractivity contribution >= 4 is 46.6 Å². The van der Waals surface area contributed by atoms with E-state index in [-0.39, 0.29) is 11.7 Å². The summed E-state index contributed by atoms with van der Waals surface area (Å²) in [7, 11) is 0. The fourth-order valence-electron chi connectivity index (χ4n) is 3.10. The van der Waals surface area contributed by atoms with E-state index in [2.05, 4.69) is 15.5 Å². The number of halogens is 2. The smallest absolute Gasteiger partial charge is 0.234 e. The molecule has 0 fully saturated rings. The lowest BCUT2D eigenvalue weighted by Gasteiger charge is -2.17. The van der Waals surface area contributed by atoms with Gasteiger partial charge in [-0.05, 0) is 55.5 Å². The highest BCUT2D eigenvalue weighted by Gasteiger charge is 2.22. The fraction of sp³-hybridized carbons (Fsp3) is 0.125. The Balaban J connectivity index is 1.54. The number of nitrogens with zero attached hydrogens (tertiary/aromatic N) is 3. The van der Waals surface area contributed by atoms with Crippen LogP contribution >= 0.6 is 35.0 Å². The highest BCUT2D eigenvalue weighted by Crippen LogP contribution is 2.31. The molecular weight excluding hydrogens is 479 g/mol. The van der Waals surface area contributed by atoms with Gasteiger partial charge in [0, 0.05) is 16.4 Å². The first-order chi connectivity index (χ1) is 16.0. The van der Waals surface area contributed by atoms with Crippen LogP contribution in [0.2, 0.25) is 10.0 Å². The van der Waals surface area contributed by atoms with Gasteiger partial charge in [-0.15, -0.1) is 10.2 Å². The third kappa shape index (κ3) is 5.87. The Bertz CT molecular complexity index is 1230. The summed E-state index contributed by atoms with van der Waals surface area (Å²) in [5.74, 6) is 1.16. The maximum absolute atomic E-state index is 12.5. The Morgan fingerprint density at radius 1 is 1.00 bits per heavy atom. The Morgan fingerprint density at radius 3 is 2.42 bits per heavy atom. The number of rotatable bonds is 8. The number of benzene rings is 3. The number of hydrogen-bond donors (Lipinski definition) is 1. The zero-order valence-corrected chi connectivity index (χ0v) is 19.9. The van der Waals surface area contributed by atoms with Gasteiger partial charge in [0.2, 0.25) is 5.91 Å². The molecule has 6 nitrogen and oxygen atoms in total. The van der Waals surface area contributed by atoms with Crippen molar-refractivity contribution in [3.05, 3.63) is 94.7 Å². The summed E-state index contributed by atoms with van der Waals surface area (Å²) in [6.07, 6.45) is -0.435. The molecule has 0 aliphatic carbocycles. The molecule has 0 spiro atoms. The van der Waals surface area contributed by atoms with Gasteiger partial charge in [0.1, 0.15) is 5.75 Å². The van der Waals surface area contributed by atoms with Crippen LogP contribution < -0.4 is 10.1 Å². The van der Waals surface area contributed by atoms with Crippen LogP contribution in [0.5, 0.6) is 5.75 Å². The van der Waals surface area contributed by atoms with E-state index in [9.17, 15) is 4.79 Å². The SMILES string of the molecule is CC(Oc1ccccc1Cl)c1nnc(SCC(=O)Nc2ccc(Cl)cc2)n1-c1ccccc1. The second kappa shape index (κ2) is 10.7. The maximum Gasteiger partial charge on any atom is 0.234 e. The van der Waals surface area contributed by atoms with E-state index < -0.39 is 6.10 Å². The highest BCUT2D eigenvalue weighted by atomic mass is 35.5. The quantitative estimate of drug-likeness (QED) is 0.283. The number of para-hydroxylation sites is 2. The fourth-order valence-corrected chi connectivity index (χ4v) is 4.17. The lowest BCUT2D eigenvalue weighted by atomic mass is 10.3. The molecule has 4 rings (SSSR count). The minimum Gasteiger partial charge on any atom is -0.481 e. The van der Waals surface area contributed by atoms with Crippen molar-refractivity contribution in [1.82, 2.24) is 14.8 Å². The number of hydrogen-bond acceptors (Lipinski definition) is 5. The van der Waals surface area contributed by atoms with Crippen molar-refractivity contribution in [2.75, 3.05) is 11.1 Å². The molecule has 0 bridgehead atoms. The number of aromatic nitrogens is 3. The van der Waals surface area contributed by atoms with E-state index >= 15 is 0 Å². The topological polar surface area (TPSA) is 69.0 Å². The number of carbonyl (C=O) groups excluding carboxylic acids is 1. The van der Waals surface area contributed by atoms with Crippen LogP contribution in [0.15, 0.2) is 84.0 Å². The number of carbonyl (C=O) groups is 1. The van der Waals surface area contributed by atoms with E-state index in [0.717, 1.165) is 5.69 Å². The van der Waals surface area contributed by atoms with Crippen LogP contribution in [0.4, 0.5) is 5.69 Å². The van der Waals surface area contributed by atoms with Crippen molar-refractivity contribution < 1.29 is 9.53 Å². The minimum atomic E-state index is -0.435. The van der Waals surface area contributed by atoms with Gasteiger partial charge in [0.25, 0.3) is 0 Å². The molecule has 4 aromatic rings. The molecule has 0 aliphatic heterocycles. The molecule has 0 saturated carbocycles. The van der Waals surface area contributed by atoms with Crippen LogP contribution in [0.1, 0.15) is 18.9 Å². The zero-order valence-electron chi connectivity index (χ0n) is 17.6. The summed E-state index contributed by atoms with van der Waals surface area (Å²) in [6.45, 7) is 1.88. The van der Waals surface area contributed by atoms with E-state index in [1.54, 1.807) is 36.4 Å². The number of ether oxygens (including phenoxy) is 1. The molecule has 1 atom stereocenters. The van der Waals surface area contributed by atoms with Gasteiger partial charge in [0.15, 0.2) is 17.1 Å². The number of nitrogens with one attached hydrogen (secondary N) is 1. The molecule has 1 heterocycles. The maximum atomic E-state index is 12.5. The molecule has 3 aromatic carbocycles. The Kier molecular flexibility index (Phi) is 7.54. The third-order valence-corrected chi connectivity index (χ3v) is 6.13. The van der Waals surface area contributed by atoms with Crippen molar-refractivity contribution in [3.63, 3.8) is 0 Å². The molecule has 1 N–H and O–H groups in total. The lowest BCUT2D eigenvalue weighted by Crippen LogP contribution is -2.15. The molecule has 9 heteroatoms. The summed E-state index contributed by atoms with van der Waals surface area (Å²) < 4.78 is 7.96. The second-order valence-electron chi connectivity index (χ2n) is 7.05. The normalized spacial score (nSPS) is 11.7. The van der Waals surface area contributed by atoms with Crippen molar-refractivity contribution in [1.29, 1.82) is 0 Å². The predicted octanol–water partition coefficient (Wildman–Crippen LogP) is 6.44. The van der Waals surface area contributed by atoms with Crippen LogP contribution in [0, 0.1) is 0 Å². The van der Waals surface area contributed by atoms with Gasteiger partial charge in [-0.3, -0.25) is 9.36 Å². The third-order valence-electron chi connectivity index (χ3n) is 4.64. The highest BCUT2D eigenvalue weighted by molar-refractivity contribution is 7.99. The summed E-state index contributed by atoms with van der Waals surface area (Å²) in [6, 6.07) is 23.9. The molecular formula is C24H20Cl2N4O2S. The van der Waals surface area contributed by atoms with E-state index in [1.807, 2.05) is 54.0 Å². The van der Waals surface area contributed by atoms with E-state index in [4.69, 9.17) is 27.9 Å². The van der Waals surface area contributed by atoms with Gasteiger partial charge in [-0.2, -0.15) is 0 Å². The van der Waals surface area contributed by atoms with Crippen LogP contribution in [0.3, 0.4) is 0 Å². The van der Waals surface area contributed by atoms with Crippen molar-refractivity contribution in [2.45, 2.75) is 18.2 Å². The van der Waals surface area contributed by atoms with Crippen LogP contribution in [-0.2, 0) is 4.79 Å². The lowest BCUT2D eigenvalue weighted by molar-refractivity contribution is -0.113. The summed E-state index contributed by atoms with van der Waals surface area (Å²) >= 11 is 13.4. The van der Waals surface area contributed by atoms with E-state index in [0.29, 0.717) is 32.5 Å². The first-order valence-corrected chi connectivity index (χ1v) is 11.9. The Morgan fingerprint density at radius 2 is 1.70 bits per heavy atom. The molecule has 1 unspecified atom stereocenters. The van der Waals surface area contributed by atoms with Crippen molar-refractivity contribution in [3.8, 4) is 11.4 Å². The molecule has 1 aromatic heterocycles. The predicted molar refractivity (Wildman–Crippen MR) is 133 cm³/mol. The minimum absolute atomic E-state index is 0.160. The second-order valence-corrected chi connectivity index (χ2v) is 8.83. The first-order valence-electron chi connectivity index (χ1n) is 10.1. The average molecular weight is 499 g/mol. The van der Waals surface area contributed by atoms with Crippen LogP contribution in [-0.4, -0.2) is 26.4 Å². The molecule has 0 aliphatic rings. The summed E-state index contributed by atoms with van der Waals surface area (Å²) in [4.78, 5) is 12.5. The monoisotopic (exact) mass is 498 g/mol. The van der Waals surface area contributed by atoms with Gasteiger partial charge in [0.05, 0.1) is 10.8 Å². The first kappa shape index (κ1) is 23.2. The van der Waals surface area contributed by atoms with E-state index in [1.165, 1.54) is 11.8 Å².